The lowest BCUT2D eigenvalue weighted by atomic mass is 9.89. The average molecular weight is 465 g/mol. The first kappa shape index (κ1) is 28.0. The number of hydrogen-bond acceptors (Lipinski definition) is 5. The molecular formula is C25H40N2O4S. The number of ether oxygens (including phenoxy) is 1. The van der Waals surface area contributed by atoms with Gasteiger partial charge in [-0.3, -0.25) is 14.4 Å². The lowest BCUT2D eigenvalue weighted by Gasteiger charge is -2.19. The lowest BCUT2D eigenvalue weighted by Crippen LogP contribution is -2.31. The highest BCUT2D eigenvalue weighted by atomic mass is 32.2. The molecule has 0 saturated heterocycles. The number of esters is 1. The molecule has 2 N–H and O–H groups in total. The Labute approximate surface area is 197 Å². The van der Waals surface area contributed by atoms with Gasteiger partial charge >= 0.3 is 5.97 Å². The Morgan fingerprint density at radius 2 is 1.66 bits per heavy atom. The number of carbonyl (C=O) groups is 3. The average Bonchev–Trinajstić information content (AvgIpc) is 2.66. The molecule has 0 aromatic heterocycles. The van der Waals surface area contributed by atoms with Gasteiger partial charge in [-0.1, -0.05) is 46.8 Å². The van der Waals surface area contributed by atoms with Gasteiger partial charge in [0.2, 0.25) is 11.8 Å². The molecule has 0 aliphatic heterocycles. The molecule has 6 nitrogen and oxygen atoms in total. The van der Waals surface area contributed by atoms with Crippen molar-refractivity contribution in [1.82, 2.24) is 10.6 Å². The quantitative estimate of drug-likeness (QED) is 0.254. The van der Waals surface area contributed by atoms with Crippen molar-refractivity contribution in [2.45, 2.75) is 66.7 Å². The van der Waals surface area contributed by atoms with E-state index in [1.54, 1.807) is 23.9 Å². The van der Waals surface area contributed by atoms with Crippen LogP contribution >= 0.6 is 11.8 Å². The predicted octanol–water partition coefficient (Wildman–Crippen LogP) is 4.53. The van der Waals surface area contributed by atoms with Crippen LogP contribution in [-0.4, -0.2) is 42.4 Å². The number of benzene rings is 1. The zero-order chi connectivity index (χ0) is 24.1. The van der Waals surface area contributed by atoms with Crippen LogP contribution in [0.25, 0.3) is 0 Å². The molecule has 2 amide bonds. The molecular weight excluding hydrogens is 424 g/mol. The second kappa shape index (κ2) is 14.2. The van der Waals surface area contributed by atoms with E-state index in [4.69, 9.17) is 4.74 Å². The van der Waals surface area contributed by atoms with Crippen molar-refractivity contribution >= 4 is 29.5 Å². The molecule has 0 saturated carbocycles. The summed E-state index contributed by atoms with van der Waals surface area (Å²) in [5.41, 5.74) is 0.931. The molecule has 0 spiro atoms. The Morgan fingerprint density at radius 1 is 1.00 bits per heavy atom. The molecule has 32 heavy (non-hydrogen) atoms. The Balaban J connectivity index is 2.36. The van der Waals surface area contributed by atoms with Gasteiger partial charge in [0, 0.05) is 32.2 Å². The van der Waals surface area contributed by atoms with Gasteiger partial charge in [-0.15, -0.1) is 0 Å². The highest BCUT2D eigenvalue weighted by molar-refractivity contribution is 7.99. The summed E-state index contributed by atoms with van der Waals surface area (Å²) in [5, 5.41) is 6.02. The van der Waals surface area contributed by atoms with Gasteiger partial charge in [0.1, 0.15) is 5.75 Å². The minimum Gasteiger partial charge on any atom is -0.427 e. The van der Waals surface area contributed by atoms with Gasteiger partial charge in [0.25, 0.3) is 0 Å². The molecule has 0 radical (unpaired) electrons. The highest BCUT2D eigenvalue weighted by Gasteiger charge is 2.21. The van der Waals surface area contributed by atoms with E-state index >= 15 is 0 Å². The number of carbonyl (C=O) groups excluding carboxylic acids is 3. The smallest absolute Gasteiger partial charge is 0.308 e. The highest BCUT2D eigenvalue weighted by Crippen LogP contribution is 2.26. The van der Waals surface area contributed by atoms with E-state index in [-0.39, 0.29) is 29.1 Å². The number of nitrogens with one attached hydrogen (secondary N) is 2. The summed E-state index contributed by atoms with van der Waals surface area (Å²) < 4.78 is 5.08. The normalized spacial score (nSPS) is 12.3. The maximum atomic E-state index is 12.8. The molecule has 0 bridgehead atoms. The first-order chi connectivity index (χ1) is 15.0. The molecule has 1 unspecified atom stereocenters. The second-order valence-electron chi connectivity index (χ2n) is 9.69. The number of hydrogen-bond donors (Lipinski definition) is 2. The standard InChI is InChI=1S/C25H40N2O4S/c1-18(2)16-22(20-8-10-21(11-9-20)31-19(3)28)24(30)27-12-7-14-32-15-13-26-23(29)17-25(4,5)6/h8-11,18,22H,7,12-17H2,1-6H3,(H,26,29)(H,27,30). The zero-order valence-electron chi connectivity index (χ0n) is 20.5. The molecule has 0 aliphatic carbocycles. The van der Waals surface area contributed by atoms with Crippen LogP contribution in [0.1, 0.15) is 72.3 Å². The van der Waals surface area contributed by atoms with Crippen molar-refractivity contribution < 1.29 is 19.1 Å². The Hall–Kier alpha value is -2.02. The molecule has 1 aromatic carbocycles. The minimum absolute atomic E-state index is 0.00717. The summed E-state index contributed by atoms with van der Waals surface area (Å²) in [6.45, 7) is 13.0. The SMILES string of the molecule is CC(=O)Oc1ccc(C(CC(C)C)C(=O)NCCCSCCNC(=O)CC(C)(C)C)cc1. The van der Waals surface area contributed by atoms with Crippen molar-refractivity contribution in [2.24, 2.45) is 11.3 Å². The zero-order valence-corrected chi connectivity index (χ0v) is 21.3. The topological polar surface area (TPSA) is 84.5 Å². The van der Waals surface area contributed by atoms with Crippen LogP contribution in [0.3, 0.4) is 0 Å². The van der Waals surface area contributed by atoms with Gasteiger partial charge in [-0.25, -0.2) is 0 Å². The molecule has 0 fully saturated rings. The molecule has 180 valence electrons. The van der Waals surface area contributed by atoms with Crippen molar-refractivity contribution in [3.05, 3.63) is 29.8 Å². The van der Waals surface area contributed by atoms with Crippen molar-refractivity contribution in [1.29, 1.82) is 0 Å². The summed E-state index contributed by atoms with van der Waals surface area (Å²) in [6, 6.07) is 7.17. The van der Waals surface area contributed by atoms with Gasteiger partial charge < -0.3 is 15.4 Å². The van der Waals surface area contributed by atoms with E-state index in [1.165, 1.54) is 6.92 Å². The van der Waals surface area contributed by atoms with E-state index in [1.807, 2.05) is 12.1 Å². The summed E-state index contributed by atoms with van der Waals surface area (Å²) in [6.07, 6.45) is 2.17. The van der Waals surface area contributed by atoms with Crippen LogP contribution < -0.4 is 15.4 Å². The minimum atomic E-state index is -0.362. The first-order valence-corrected chi connectivity index (χ1v) is 12.5. The number of amides is 2. The van der Waals surface area contributed by atoms with Crippen LogP contribution in [0.15, 0.2) is 24.3 Å². The second-order valence-corrected chi connectivity index (χ2v) is 10.9. The third-order valence-corrected chi connectivity index (χ3v) is 5.66. The van der Waals surface area contributed by atoms with Crippen LogP contribution in [0.2, 0.25) is 0 Å². The summed E-state index contributed by atoms with van der Waals surface area (Å²) in [5.74, 6) is 2.20. The molecule has 1 aromatic rings. The summed E-state index contributed by atoms with van der Waals surface area (Å²) in [7, 11) is 0. The lowest BCUT2D eigenvalue weighted by molar-refractivity contribution is -0.132. The van der Waals surface area contributed by atoms with Crippen LogP contribution in [0.5, 0.6) is 5.75 Å². The number of thioether (sulfide) groups is 1. The van der Waals surface area contributed by atoms with Gasteiger partial charge in [0.15, 0.2) is 0 Å². The first-order valence-electron chi connectivity index (χ1n) is 11.4. The van der Waals surface area contributed by atoms with Crippen molar-refractivity contribution in [3.8, 4) is 5.75 Å². The fraction of sp³-hybridized carbons (Fsp3) is 0.640. The van der Waals surface area contributed by atoms with Crippen LogP contribution in [0.4, 0.5) is 0 Å². The molecule has 0 heterocycles. The molecule has 7 heteroatoms. The summed E-state index contributed by atoms with van der Waals surface area (Å²) in [4.78, 5) is 35.7. The van der Waals surface area contributed by atoms with E-state index in [0.29, 0.717) is 31.2 Å². The van der Waals surface area contributed by atoms with Gasteiger partial charge in [-0.05, 0) is 47.6 Å². The summed E-state index contributed by atoms with van der Waals surface area (Å²) >= 11 is 1.78. The Bertz CT molecular complexity index is 726. The fourth-order valence-corrected chi connectivity index (χ4v) is 4.02. The monoisotopic (exact) mass is 464 g/mol. The van der Waals surface area contributed by atoms with Crippen LogP contribution in [-0.2, 0) is 14.4 Å². The van der Waals surface area contributed by atoms with E-state index in [2.05, 4.69) is 45.3 Å². The van der Waals surface area contributed by atoms with Gasteiger partial charge in [0.05, 0.1) is 5.92 Å². The third kappa shape index (κ3) is 12.7. The van der Waals surface area contributed by atoms with E-state index in [9.17, 15) is 14.4 Å². The predicted molar refractivity (Wildman–Crippen MR) is 132 cm³/mol. The Kier molecular flexibility index (Phi) is 12.4. The number of rotatable bonds is 13. The maximum absolute atomic E-state index is 12.8. The van der Waals surface area contributed by atoms with Gasteiger partial charge in [-0.2, -0.15) is 11.8 Å². The van der Waals surface area contributed by atoms with Crippen molar-refractivity contribution in [3.63, 3.8) is 0 Å². The third-order valence-electron chi connectivity index (χ3n) is 4.59. The maximum Gasteiger partial charge on any atom is 0.308 e. The van der Waals surface area contributed by atoms with Crippen LogP contribution in [0, 0.1) is 11.3 Å². The van der Waals surface area contributed by atoms with Crippen molar-refractivity contribution in [2.75, 3.05) is 24.6 Å². The fourth-order valence-electron chi connectivity index (χ4n) is 3.22. The largest absolute Gasteiger partial charge is 0.427 e. The van der Waals surface area contributed by atoms with E-state index in [0.717, 1.165) is 29.9 Å². The Morgan fingerprint density at radius 3 is 2.22 bits per heavy atom. The van der Waals surface area contributed by atoms with E-state index < -0.39 is 0 Å². The molecule has 0 aliphatic rings. The molecule has 1 atom stereocenters. The molecule has 1 rings (SSSR count).